The number of methoxy groups -OCH3 is 1. The van der Waals surface area contributed by atoms with E-state index in [0.717, 1.165) is 22.3 Å². The van der Waals surface area contributed by atoms with Crippen LogP contribution in [0.1, 0.15) is 39.6 Å². The fourth-order valence-corrected chi connectivity index (χ4v) is 5.05. The van der Waals surface area contributed by atoms with E-state index in [2.05, 4.69) is 10.2 Å². The lowest BCUT2D eigenvalue weighted by molar-refractivity contribution is 0.0563. The van der Waals surface area contributed by atoms with Crippen LogP contribution in [0.25, 0.3) is 22.4 Å². The highest BCUT2D eigenvalue weighted by Crippen LogP contribution is 2.36. The molecule has 5 aromatic rings. The molecule has 5 rings (SSSR count). The van der Waals surface area contributed by atoms with Gasteiger partial charge in [-0.15, -0.1) is 10.2 Å². The van der Waals surface area contributed by atoms with E-state index < -0.39 is 5.97 Å². The Kier molecular flexibility index (Phi) is 5.49. The van der Waals surface area contributed by atoms with E-state index in [1.807, 2.05) is 67.6 Å². The van der Waals surface area contributed by atoms with Crippen molar-refractivity contribution < 1.29 is 13.9 Å². The minimum atomic E-state index is -0.528. The van der Waals surface area contributed by atoms with Crippen molar-refractivity contribution in [3.05, 3.63) is 87.6 Å². The number of para-hydroxylation sites is 2. The maximum absolute atomic E-state index is 13.6. The molecule has 8 nitrogen and oxygen atoms in total. The van der Waals surface area contributed by atoms with Crippen LogP contribution in [-0.2, 0) is 4.74 Å². The molecule has 0 bridgehead atoms. The number of nitrogens with zero attached hydrogens (tertiary/aromatic N) is 4. The second-order valence-corrected chi connectivity index (χ2v) is 9.28. The maximum atomic E-state index is 13.6. The minimum absolute atomic E-state index is 0.144. The summed E-state index contributed by atoms with van der Waals surface area (Å²) in [6.07, 6.45) is 0. The summed E-state index contributed by atoms with van der Waals surface area (Å²) >= 11 is 1.43. The lowest BCUT2D eigenvalue weighted by Crippen LogP contribution is -2.23. The third kappa shape index (κ3) is 3.49. The van der Waals surface area contributed by atoms with E-state index in [-0.39, 0.29) is 16.6 Å². The smallest absolute Gasteiger partial charge is 0.373 e. The summed E-state index contributed by atoms with van der Waals surface area (Å²) in [5.41, 5.74) is 3.31. The Morgan fingerprint density at radius 3 is 2.50 bits per heavy atom. The number of carbonyl (C=O) groups is 1. The van der Waals surface area contributed by atoms with Crippen LogP contribution in [0.2, 0.25) is 0 Å². The number of aryl methyl sites for hydroxylation is 2. The molecule has 0 aliphatic rings. The number of fused-ring (bicyclic) bond motifs is 3. The van der Waals surface area contributed by atoms with Crippen molar-refractivity contribution in [3.8, 4) is 5.69 Å². The zero-order chi connectivity index (χ0) is 24.0. The van der Waals surface area contributed by atoms with E-state index in [4.69, 9.17) is 9.15 Å². The van der Waals surface area contributed by atoms with Crippen LogP contribution in [0.5, 0.6) is 0 Å². The van der Waals surface area contributed by atoms with Gasteiger partial charge in [0.05, 0.1) is 29.0 Å². The number of furan rings is 1. The topological polar surface area (TPSA) is 91.6 Å². The number of esters is 1. The van der Waals surface area contributed by atoms with Crippen molar-refractivity contribution >= 4 is 34.4 Å². The Morgan fingerprint density at radius 2 is 1.76 bits per heavy atom. The number of carbonyl (C=O) groups excluding carboxylic acids is 1. The van der Waals surface area contributed by atoms with Gasteiger partial charge in [-0.25, -0.2) is 9.36 Å². The Balaban J connectivity index is 1.70. The largest absolute Gasteiger partial charge is 0.463 e. The molecule has 0 fully saturated rings. The summed E-state index contributed by atoms with van der Waals surface area (Å²) in [5, 5.41) is 9.87. The first-order valence-electron chi connectivity index (χ1n) is 10.7. The zero-order valence-corrected chi connectivity index (χ0v) is 19.9. The van der Waals surface area contributed by atoms with Crippen LogP contribution in [-0.4, -0.2) is 32.2 Å². The van der Waals surface area contributed by atoms with Crippen molar-refractivity contribution in [1.82, 2.24) is 19.2 Å². The van der Waals surface area contributed by atoms with Crippen molar-refractivity contribution in [2.75, 3.05) is 7.11 Å². The highest BCUT2D eigenvalue weighted by molar-refractivity contribution is 7.99. The molecule has 0 spiro atoms. The quantitative estimate of drug-likeness (QED) is 0.265. The van der Waals surface area contributed by atoms with Crippen molar-refractivity contribution in [2.45, 2.75) is 31.2 Å². The van der Waals surface area contributed by atoms with Gasteiger partial charge in [-0.2, -0.15) is 0 Å². The Hall–Kier alpha value is -3.85. The predicted molar refractivity (Wildman–Crippen MR) is 130 cm³/mol. The fraction of sp³-hybridized carbons (Fsp3) is 0.200. The molecule has 1 atom stereocenters. The molecule has 0 saturated heterocycles. The number of hydrogen-bond donors (Lipinski definition) is 0. The van der Waals surface area contributed by atoms with E-state index >= 15 is 0 Å². The van der Waals surface area contributed by atoms with Gasteiger partial charge in [0.15, 0.2) is 5.16 Å². The SMILES string of the molecule is COC(=O)c1ccc(C(C)Sc2nnc3n(-c4c(C)cccc4C)c(=O)c4ccccc4n23)o1. The summed E-state index contributed by atoms with van der Waals surface area (Å²) in [6, 6.07) is 16.7. The van der Waals surface area contributed by atoms with Crippen LogP contribution in [0.4, 0.5) is 0 Å². The Bertz CT molecular complexity index is 1590. The molecule has 0 aliphatic heterocycles. The lowest BCUT2D eigenvalue weighted by Gasteiger charge is -2.15. The van der Waals surface area contributed by atoms with Gasteiger partial charge < -0.3 is 9.15 Å². The van der Waals surface area contributed by atoms with E-state index in [0.29, 0.717) is 22.1 Å². The van der Waals surface area contributed by atoms with Gasteiger partial charge in [0.1, 0.15) is 5.76 Å². The van der Waals surface area contributed by atoms with Crippen LogP contribution >= 0.6 is 11.8 Å². The second-order valence-electron chi connectivity index (χ2n) is 7.97. The van der Waals surface area contributed by atoms with Crippen LogP contribution in [0.15, 0.2) is 69.0 Å². The highest BCUT2D eigenvalue weighted by Gasteiger charge is 2.23. The first-order chi connectivity index (χ1) is 16.4. The minimum Gasteiger partial charge on any atom is -0.463 e. The first kappa shape index (κ1) is 22.0. The van der Waals surface area contributed by atoms with Crippen molar-refractivity contribution in [1.29, 1.82) is 0 Å². The molecule has 9 heteroatoms. The maximum Gasteiger partial charge on any atom is 0.373 e. The highest BCUT2D eigenvalue weighted by atomic mass is 32.2. The molecule has 0 saturated carbocycles. The summed E-state index contributed by atoms with van der Waals surface area (Å²) in [6.45, 7) is 5.91. The van der Waals surface area contributed by atoms with Crippen molar-refractivity contribution in [3.63, 3.8) is 0 Å². The molecule has 0 amide bonds. The standard InChI is InChI=1S/C25H22N4O4S/c1-14-8-7-9-15(2)21(14)29-22(30)17-10-5-6-11-18(17)28-24(29)26-27-25(28)34-16(3)19-12-13-20(33-19)23(31)32-4/h5-13,16H,1-4H3. The van der Waals surface area contributed by atoms with Crippen LogP contribution < -0.4 is 5.56 Å². The average molecular weight is 475 g/mol. The van der Waals surface area contributed by atoms with Gasteiger partial charge >= 0.3 is 5.97 Å². The summed E-state index contributed by atoms with van der Waals surface area (Å²) in [7, 11) is 1.31. The molecule has 0 N–H and O–H groups in total. The number of hydrogen-bond acceptors (Lipinski definition) is 7. The average Bonchev–Trinajstić information content (AvgIpc) is 3.48. The van der Waals surface area contributed by atoms with Gasteiger partial charge in [0, 0.05) is 0 Å². The number of thioether (sulfide) groups is 1. The molecule has 1 unspecified atom stereocenters. The molecule has 172 valence electrons. The monoisotopic (exact) mass is 474 g/mol. The van der Waals surface area contributed by atoms with E-state index in [1.165, 1.54) is 18.9 Å². The van der Waals surface area contributed by atoms with Gasteiger partial charge in [0.25, 0.3) is 5.56 Å². The molecule has 3 heterocycles. The molecule has 2 aromatic carbocycles. The lowest BCUT2D eigenvalue weighted by atomic mass is 10.1. The number of rotatable bonds is 5. The number of benzene rings is 2. The Labute approximate surface area is 199 Å². The van der Waals surface area contributed by atoms with Crippen LogP contribution in [0, 0.1) is 13.8 Å². The summed E-state index contributed by atoms with van der Waals surface area (Å²) < 4.78 is 13.9. The van der Waals surface area contributed by atoms with Gasteiger partial charge in [0.2, 0.25) is 11.5 Å². The molecule has 0 aliphatic carbocycles. The van der Waals surface area contributed by atoms with E-state index in [1.54, 1.807) is 16.7 Å². The molecular weight excluding hydrogens is 452 g/mol. The van der Waals surface area contributed by atoms with E-state index in [9.17, 15) is 9.59 Å². The van der Waals surface area contributed by atoms with Gasteiger partial charge in [-0.3, -0.25) is 9.20 Å². The molecule has 3 aromatic heterocycles. The van der Waals surface area contributed by atoms with Gasteiger partial charge in [-0.05, 0) is 56.2 Å². The van der Waals surface area contributed by atoms with Crippen LogP contribution in [0.3, 0.4) is 0 Å². The summed E-state index contributed by atoms with van der Waals surface area (Å²) in [5.74, 6) is 0.658. The molecule has 34 heavy (non-hydrogen) atoms. The Morgan fingerprint density at radius 1 is 1.03 bits per heavy atom. The number of ether oxygens (including phenoxy) is 1. The normalized spacial score (nSPS) is 12.4. The summed E-state index contributed by atoms with van der Waals surface area (Å²) in [4.78, 5) is 25.4. The van der Waals surface area contributed by atoms with Gasteiger partial charge in [-0.1, -0.05) is 42.1 Å². The zero-order valence-electron chi connectivity index (χ0n) is 19.1. The molecular formula is C25H22N4O4S. The molecule has 0 radical (unpaired) electrons. The first-order valence-corrected chi connectivity index (χ1v) is 11.6. The third-order valence-electron chi connectivity index (χ3n) is 5.75. The number of aromatic nitrogens is 4. The predicted octanol–water partition coefficient (Wildman–Crippen LogP) is 4.88. The fourth-order valence-electron chi connectivity index (χ4n) is 4.11. The van der Waals surface area contributed by atoms with Crippen molar-refractivity contribution in [2.24, 2.45) is 0 Å². The second kappa shape index (κ2) is 8.49. The third-order valence-corrected chi connectivity index (χ3v) is 6.81.